The molecule has 1 N–H and O–H groups in total. The van der Waals surface area contributed by atoms with Gasteiger partial charge in [-0.15, -0.1) is 6.42 Å². The maximum Gasteiger partial charge on any atom is 0.148 e. The van der Waals surface area contributed by atoms with E-state index in [1.54, 1.807) is 0 Å². The molecule has 108 valence electrons. The molecule has 0 saturated heterocycles. The van der Waals surface area contributed by atoms with E-state index in [0.717, 1.165) is 22.5 Å². The molecule has 2 aromatic carbocycles. The zero-order valence-corrected chi connectivity index (χ0v) is 13.8. The Balaban J connectivity index is 2.03. The third-order valence-electron chi connectivity index (χ3n) is 3.17. The first-order valence-corrected chi connectivity index (χ1v) is 7.55. The fraction of sp³-hybridized carbons (Fsp3) is 0.222. The van der Waals surface area contributed by atoms with Gasteiger partial charge in [0.05, 0.1) is 4.47 Å². The summed E-state index contributed by atoms with van der Waals surface area (Å²) in [5, 5.41) is 3.45. The Morgan fingerprint density at radius 3 is 2.67 bits per heavy atom. The molecule has 0 aliphatic heterocycles. The van der Waals surface area contributed by atoms with E-state index in [-0.39, 0.29) is 6.61 Å². The first-order chi connectivity index (χ1) is 10.1. The number of nitrogens with one attached hydrogen (secondary N) is 1. The van der Waals surface area contributed by atoms with Gasteiger partial charge < -0.3 is 10.1 Å². The lowest BCUT2D eigenvalue weighted by Crippen LogP contribution is -2.02. The van der Waals surface area contributed by atoms with E-state index in [0.29, 0.717) is 0 Å². The second kappa shape index (κ2) is 7.19. The van der Waals surface area contributed by atoms with Crippen molar-refractivity contribution < 1.29 is 4.74 Å². The summed E-state index contributed by atoms with van der Waals surface area (Å²) in [6.45, 7) is 5.25. The number of hydrogen-bond donors (Lipinski definition) is 1. The highest BCUT2D eigenvalue weighted by Gasteiger charge is 2.03. The molecule has 2 rings (SSSR count). The maximum absolute atomic E-state index is 5.43. The van der Waals surface area contributed by atoms with Crippen molar-refractivity contribution in [2.24, 2.45) is 0 Å². The van der Waals surface area contributed by atoms with Crippen molar-refractivity contribution in [2.45, 2.75) is 20.4 Å². The lowest BCUT2D eigenvalue weighted by molar-refractivity contribution is 0.368. The number of ether oxygens (including phenoxy) is 1. The Morgan fingerprint density at radius 2 is 2.00 bits per heavy atom. The third-order valence-corrected chi connectivity index (χ3v) is 3.79. The fourth-order valence-electron chi connectivity index (χ4n) is 2.10. The van der Waals surface area contributed by atoms with Crippen LogP contribution in [-0.2, 0) is 6.54 Å². The monoisotopic (exact) mass is 343 g/mol. The van der Waals surface area contributed by atoms with Gasteiger partial charge in [0, 0.05) is 12.2 Å². The highest BCUT2D eigenvalue weighted by atomic mass is 79.9. The van der Waals surface area contributed by atoms with Crippen LogP contribution in [-0.4, -0.2) is 6.61 Å². The van der Waals surface area contributed by atoms with Gasteiger partial charge in [0.25, 0.3) is 0 Å². The van der Waals surface area contributed by atoms with Crippen LogP contribution in [0.25, 0.3) is 0 Å². The molecule has 0 aliphatic carbocycles. The fourth-order valence-corrected chi connectivity index (χ4v) is 2.64. The lowest BCUT2D eigenvalue weighted by Gasteiger charge is -2.12. The quantitative estimate of drug-likeness (QED) is 0.795. The molecule has 0 radical (unpaired) electrons. The SMILES string of the molecule is C#CCOc1ccc(CNc2ccc(C)cc2C)cc1Br. The summed E-state index contributed by atoms with van der Waals surface area (Å²) in [5.74, 6) is 3.23. The van der Waals surface area contributed by atoms with Crippen LogP contribution in [0, 0.1) is 26.2 Å². The van der Waals surface area contributed by atoms with Crippen LogP contribution >= 0.6 is 15.9 Å². The van der Waals surface area contributed by atoms with E-state index >= 15 is 0 Å². The normalized spacial score (nSPS) is 10.0. The van der Waals surface area contributed by atoms with Gasteiger partial charge in [-0.25, -0.2) is 0 Å². The van der Waals surface area contributed by atoms with E-state index in [2.05, 4.69) is 59.2 Å². The summed E-state index contributed by atoms with van der Waals surface area (Å²) >= 11 is 3.51. The van der Waals surface area contributed by atoms with Gasteiger partial charge in [-0.3, -0.25) is 0 Å². The minimum absolute atomic E-state index is 0.277. The summed E-state index contributed by atoms with van der Waals surface area (Å²) in [6.07, 6.45) is 5.19. The summed E-state index contributed by atoms with van der Waals surface area (Å²) < 4.78 is 6.35. The molecule has 0 aliphatic rings. The van der Waals surface area contributed by atoms with Crippen LogP contribution < -0.4 is 10.1 Å². The Bertz CT molecular complexity index is 673. The Hall–Kier alpha value is -1.92. The molecule has 0 fully saturated rings. The number of hydrogen-bond acceptors (Lipinski definition) is 2. The number of benzene rings is 2. The Kier molecular flexibility index (Phi) is 5.30. The van der Waals surface area contributed by atoms with E-state index in [1.807, 2.05) is 18.2 Å². The van der Waals surface area contributed by atoms with Crippen LogP contribution in [0.5, 0.6) is 5.75 Å². The first kappa shape index (κ1) is 15.5. The summed E-state index contributed by atoms with van der Waals surface area (Å²) in [5.41, 5.74) is 4.86. The standard InChI is InChI=1S/C18H18BrNO/c1-4-9-21-18-8-6-15(11-16(18)19)12-20-17-7-5-13(2)10-14(17)3/h1,5-8,10-11,20H,9,12H2,2-3H3. The molecule has 0 aromatic heterocycles. The second-order valence-corrected chi connectivity index (χ2v) is 5.78. The van der Waals surface area contributed by atoms with Crippen LogP contribution in [0.3, 0.4) is 0 Å². The van der Waals surface area contributed by atoms with Crippen molar-refractivity contribution in [3.05, 3.63) is 57.6 Å². The lowest BCUT2D eigenvalue weighted by atomic mass is 10.1. The van der Waals surface area contributed by atoms with Crippen molar-refractivity contribution in [2.75, 3.05) is 11.9 Å². The predicted octanol–water partition coefficient (Wildman–Crippen LogP) is 4.69. The molecule has 0 saturated carbocycles. The van der Waals surface area contributed by atoms with Crippen LogP contribution in [0.1, 0.15) is 16.7 Å². The van der Waals surface area contributed by atoms with E-state index in [9.17, 15) is 0 Å². The first-order valence-electron chi connectivity index (χ1n) is 6.76. The minimum atomic E-state index is 0.277. The average Bonchev–Trinajstić information content (AvgIpc) is 2.45. The summed E-state index contributed by atoms with van der Waals surface area (Å²) in [6, 6.07) is 12.4. The van der Waals surface area contributed by atoms with Gasteiger partial charge in [0.15, 0.2) is 0 Å². The van der Waals surface area contributed by atoms with E-state index < -0.39 is 0 Å². The predicted molar refractivity (Wildman–Crippen MR) is 91.7 cm³/mol. The van der Waals surface area contributed by atoms with Crippen molar-refractivity contribution in [3.63, 3.8) is 0 Å². The van der Waals surface area contributed by atoms with Gasteiger partial charge in [0.1, 0.15) is 12.4 Å². The molecule has 0 heterocycles. The number of anilines is 1. The zero-order chi connectivity index (χ0) is 15.2. The zero-order valence-electron chi connectivity index (χ0n) is 12.2. The molecular formula is C18H18BrNO. The number of rotatable bonds is 5. The van der Waals surface area contributed by atoms with Crippen LogP contribution in [0.4, 0.5) is 5.69 Å². The molecular weight excluding hydrogens is 326 g/mol. The smallest absolute Gasteiger partial charge is 0.148 e. The number of halogens is 1. The molecule has 0 amide bonds. The van der Waals surface area contributed by atoms with E-state index in [4.69, 9.17) is 11.2 Å². The largest absolute Gasteiger partial charge is 0.480 e. The van der Waals surface area contributed by atoms with Gasteiger partial charge in [0.2, 0.25) is 0 Å². The van der Waals surface area contributed by atoms with Gasteiger partial charge in [-0.05, 0) is 59.1 Å². The molecule has 0 bridgehead atoms. The number of terminal acetylenes is 1. The topological polar surface area (TPSA) is 21.3 Å². The highest BCUT2D eigenvalue weighted by Crippen LogP contribution is 2.26. The van der Waals surface area contributed by atoms with Crippen LogP contribution in [0.2, 0.25) is 0 Å². The molecule has 3 heteroatoms. The van der Waals surface area contributed by atoms with Crippen molar-refractivity contribution in [3.8, 4) is 18.1 Å². The van der Waals surface area contributed by atoms with Gasteiger partial charge in [-0.1, -0.05) is 29.7 Å². The molecule has 0 spiro atoms. The molecule has 2 nitrogen and oxygen atoms in total. The van der Waals surface area contributed by atoms with Crippen molar-refractivity contribution in [1.82, 2.24) is 0 Å². The highest BCUT2D eigenvalue weighted by molar-refractivity contribution is 9.10. The molecule has 0 atom stereocenters. The van der Waals surface area contributed by atoms with Gasteiger partial charge >= 0.3 is 0 Å². The number of aryl methyl sites for hydroxylation is 2. The maximum atomic E-state index is 5.43. The van der Waals surface area contributed by atoms with Gasteiger partial charge in [-0.2, -0.15) is 0 Å². The van der Waals surface area contributed by atoms with Crippen molar-refractivity contribution >= 4 is 21.6 Å². The third kappa shape index (κ3) is 4.27. The van der Waals surface area contributed by atoms with Crippen LogP contribution in [0.15, 0.2) is 40.9 Å². The molecule has 2 aromatic rings. The Labute approximate surface area is 134 Å². The summed E-state index contributed by atoms with van der Waals surface area (Å²) in [7, 11) is 0. The molecule has 0 unspecified atom stereocenters. The average molecular weight is 344 g/mol. The second-order valence-electron chi connectivity index (χ2n) is 4.93. The van der Waals surface area contributed by atoms with Crippen molar-refractivity contribution in [1.29, 1.82) is 0 Å². The summed E-state index contributed by atoms with van der Waals surface area (Å²) in [4.78, 5) is 0. The molecule has 21 heavy (non-hydrogen) atoms. The Morgan fingerprint density at radius 1 is 1.19 bits per heavy atom. The van der Waals surface area contributed by atoms with E-state index in [1.165, 1.54) is 16.7 Å². The minimum Gasteiger partial charge on any atom is -0.480 e.